The monoisotopic (exact) mass is 322 g/mol. The first-order valence-corrected chi connectivity index (χ1v) is 8.87. The molecule has 0 aliphatic carbocycles. The van der Waals surface area contributed by atoms with Crippen LogP contribution < -0.4 is 0 Å². The standard InChI is InChI=1S/C23H30O/c1-19(14-16-24-17-15-20-8-6-5-7-9-20)18-21-10-12-22(13-11-21)23(2,3)4/h5-14,16,19H,15,17-18H2,1-4H3. The molecule has 0 aromatic heterocycles. The molecule has 1 heteroatoms. The number of hydrogen-bond acceptors (Lipinski definition) is 1. The molecule has 0 heterocycles. The van der Waals surface area contributed by atoms with Crippen molar-refractivity contribution in [2.75, 3.05) is 6.61 Å². The molecular formula is C23H30O. The lowest BCUT2D eigenvalue weighted by Gasteiger charge is -2.19. The van der Waals surface area contributed by atoms with E-state index < -0.39 is 0 Å². The lowest BCUT2D eigenvalue weighted by molar-refractivity contribution is 0.251. The predicted molar refractivity (Wildman–Crippen MR) is 103 cm³/mol. The van der Waals surface area contributed by atoms with Crippen LogP contribution in [0.1, 0.15) is 44.4 Å². The first-order valence-electron chi connectivity index (χ1n) is 8.87. The third-order valence-corrected chi connectivity index (χ3v) is 4.23. The third kappa shape index (κ3) is 6.23. The summed E-state index contributed by atoms with van der Waals surface area (Å²) in [5.41, 5.74) is 4.30. The van der Waals surface area contributed by atoms with Crippen molar-refractivity contribution in [1.82, 2.24) is 0 Å². The van der Waals surface area contributed by atoms with Crippen molar-refractivity contribution in [1.29, 1.82) is 0 Å². The van der Waals surface area contributed by atoms with Crippen LogP contribution in [0.4, 0.5) is 0 Å². The highest BCUT2D eigenvalue weighted by atomic mass is 16.5. The molecule has 0 radical (unpaired) electrons. The maximum atomic E-state index is 5.63. The quantitative estimate of drug-likeness (QED) is 0.453. The zero-order valence-corrected chi connectivity index (χ0v) is 15.5. The minimum Gasteiger partial charge on any atom is -0.501 e. The van der Waals surface area contributed by atoms with Crippen molar-refractivity contribution in [3.63, 3.8) is 0 Å². The van der Waals surface area contributed by atoms with Crippen molar-refractivity contribution in [3.05, 3.63) is 83.6 Å². The molecule has 2 rings (SSSR count). The molecule has 0 aliphatic heterocycles. The molecule has 0 fully saturated rings. The molecule has 2 aromatic carbocycles. The summed E-state index contributed by atoms with van der Waals surface area (Å²) in [7, 11) is 0. The number of hydrogen-bond donors (Lipinski definition) is 0. The van der Waals surface area contributed by atoms with Gasteiger partial charge in [-0.3, -0.25) is 0 Å². The summed E-state index contributed by atoms with van der Waals surface area (Å²) in [5, 5.41) is 0. The minimum absolute atomic E-state index is 0.219. The molecule has 0 spiro atoms. The molecule has 0 N–H and O–H groups in total. The van der Waals surface area contributed by atoms with E-state index in [4.69, 9.17) is 4.74 Å². The molecule has 1 atom stereocenters. The van der Waals surface area contributed by atoms with Crippen LogP contribution in [0.25, 0.3) is 0 Å². The van der Waals surface area contributed by atoms with Crippen LogP contribution >= 0.6 is 0 Å². The molecule has 0 saturated heterocycles. The van der Waals surface area contributed by atoms with E-state index in [1.54, 1.807) is 0 Å². The van der Waals surface area contributed by atoms with Gasteiger partial charge in [-0.25, -0.2) is 0 Å². The molecule has 128 valence electrons. The van der Waals surface area contributed by atoms with Crippen molar-refractivity contribution in [2.45, 2.75) is 46.0 Å². The minimum atomic E-state index is 0.219. The van der Waals surface area contributed by atoms with E-state index in [1.165, 1.54) is 16.7 Å². The van der Waals surface area contributed by atoms with Gasteiger partial charge in [0, 0.05) is 6.42 Å². The van der Waals surface area contributed by atoms with E-state index in [2.05, 4.69) is 82.3 Å². The van der Waals surface area contributed by atoms with Crippen LogP contribution in [0.3, 0.4) is 0 Å². The van der Waals surface area contributed by atoms with Crippen LogP contribution in [-0.2, 0) is 23.0 Å². The van der Waals surface area contributed by atoms with Crippen LogP contribution in [0.2, 0.25) is 0 Å². The molecule has 0 saturated carbocycles. The van der Waals surface area contributed by atoms with E-state index >= 15 is 0 Å². The Labute approximate surface area is 147 Å². The second-order valence-corrected chi connectivity index (χ2v) is 7.56. The van der Waals surface area contributed by atoms with E-state index in [-0.39, 0.29) is 5.41 Å². The Morgan fingerprint density at radius 2 is 1.58 bits per heavy atom. The maximum absolute atomic E-state index is 5.63. The predicted octanol–water partition coefficient (Wildman–Crippen LogP) is 5.94. The third-order valence-electron chi connectivity index (χ3n) is 4.23. The van der Waals surface area contributed by atoms with Gasteiger partial charge < -0.3 is 4.74 Å². The van der Waals surface area contributed by atoms with Crippen molar-refractivity contribution in [3.8, 4) is 0 Å². The first kappa shape index (κ1) is 18.3. The smallest absolute Gasteiger partial charge is 0.0913 e. The molecule has 1 unspecified atom stereocenters. The lowest BCUT2D eigenvalue weighted by atomic mass is 9.86. The molecule has 1 nitrogen and oxygen atoms in total. The second kappa shape index (κ2) is 8.73. The van der Waals surface area contributed by atoms with Crippen molar-refractivity contribution in [2.24, 2.45) is 5.92 Å². The van der Waals surface area contributed by atoms with Gasteiger partial charge in [0.15, 0.2) is 0 Å². The average Bonchev–Trinajstić information content (AvgIpc) is 2.55. The Bertz CT molecular complexity index is 617. The van der Waals surface area contributed by atoms with E-state index in [0.717, 1.165) is 19.4 Å². The van der Waals surface area contributed by atoms with Crippen LogP contribution in [-0.4, -0.2) is 6.61 Å². The summed E-state index contributed by atoms with van der Waals surface area (Å²) in [6.45, 7) is 9.71. The van der Waals surface area contributed by atoms with Gasteiger partial charge in [0.2, 0.25) is 0 Å². The molecule has 0 amide bonds. The fourth-order valence-corrected chi connectivity index (χ4v) is 2.66. The van der Waals surface area contributed by atoms with Gasteiger partial charge in [-0.05, 0) is 40.5 Å². The lowest BCUT2D eigenvalue weighted by Crippen LogP contribution is -2.10. The fraction of sp³-hybridized carbons (Fsp3) is 0.391. The highest BCUT2D eigenvalue weighted by Crippen LogP contribution is 2.23. The van der Waals surface area contributed by atoms with Gasteiger partial charge in [0.25, 0.3) is 0 Å². The van der Waals surface area contributed by atoms with Crippen LogP contribution in [0.5, 0.6) is 0 Å². The Kier molecular flexibility index (Phi) is 6.66. The molecule has 0 bridgehead atoms. The summed E-state index contributed by atoms with van der Waals surface area (Å²) in [4.78, 5) is 0. The van der Waals surface area contributed by atoms with E-state index in [9.17, 15) is 0 Å². The summed E-state index contributed by atoms with van der Waals surface area (Å²) in [6.07, 6.45) is 6.01. The number of rotatable bonds is 7. The number of benzene rings is 2. The van der Waals surface area contributed by atoms with Crippen molar-refractivity contribution < 1.29 is 4.74 Å². The Morgan fingerprint density at radius 1 is 0.917 bits per heavy atom. The van der Waals surface area contributed by atoms with Gasteiger partial charge >= 0.3 is 0 Å². The summed E-state index contributed by atoms with van der Waals surface area (Å²) < 4.78 is 5.63. The fourth-order valence-electron chi connectivity index (χ4n) is 2.66. The normalized spacial score (nSPS) is 13.2. The van der Waals surface area contributed by atoms with E-state index in [0.29, 0.717) is 5.92 Å². The highest BCUT2D eigenvalue weighted by Gasteiger charge is 2.12. The van der Waals surface area contributed by atoms with Crippen LogP contribution in [0.15, 0.2) is 66.9 Å². The molecule has 0 aliphatic rings. The van der Waals surface area contributed by atoms with Crippen molar-refractivity contribution >= 4 is 0 Å². The Balaban J connectivity index is 1.73. The zero-order valence-electron chi connectivity index (χ0n) is 15.5. The number of ether oxygens (including phenoxy) is 1. The summed E-state index contributed by atoms with van der Waals surface area (Å²) in [5.74, 6) is 0.474. The average molecular weight is 322 g/mol. The molecule has 2 aromatic rings. The van der Waals surface area contributed by atoms with Gasteiger partial charge in [0.05, 0.1) is 12.9 Å². The zero-order chi connectivity index (χ0) is 17.4. The SMILES string of the molecule is CC(C=COCCc1ccccc1)Cc1ccc(C(C)(C)C)cc1. The molecule has 24 heavy (non-hydrogen) atoms. The maximum Gasteiger partial charge on any atom is 0.0913 e. The number of allylic oxidation sites excluding steroid dienone is 1. The summed E-state index contributed by atoms with van der Waals surface area (Å²) >= 11 is 0. The molecular weight excluding hydrogens is 292 g/mol. The van der Waals surface area contributed by atoms with Gasteiger partial charge in [-0.15, -0.1) is 0 Å². The Hall–Kier alpha value is -2.02. The Morgan fingerprint density at radius 3 is 2.21 bits per heavy atom. The van der Waals surface area contributed by atoms with E-state index in [1.807, 2.05) is 12.3 Å². The van der Waals surface area contributed by atoms with Gasteiger partial charge in [0.1, 0.15) is 0 Å². The largest absolute Gasteiger partial charge is 0.501 e. The first-order chi connectivity index (χ1) is 11.4. The topological polar surface area (TPSA) is 9.23 Å². The van der Waals surface area contributed by atoms with Gasteiger partial charge in [-0.2, -0.15) is 0 Å². The highest BCUT2D eigenvalue weighted by molar-refractivity contribution is 5.28. The van der Waals surface area contributed by atoms with Gasteiger partial charge in [-0.1, -0.05) is 82.3 Å². The van der Waals surface area contributed by atoms with Crippen LogP contribution in [0, 0.1) is 5.92 Å². The summed E-state index contributed by atoms with van der Waals surface area (Å²) in [6, 6.07) is 19.5. The second-order valence-electron chi connectivity index (χ2n) is 7.56.